The lowest BCUT2D eigenvalue weighted by Crippen LogP contribution is -2.46. The Hall–Kier alpha value is -1.54. The SMILES string of the molecule is [3H]N1CCN([3H])CCN([3H])C(Cc2ccc([N+](=O)[O-])cc2)CN([3H])CC1. The van der Waals surface area contributed by atoms with Gasteiger partial charge in [-0.2, -0.15) is 0 Å². The Balaban J connectivity index is 2.06. The Morgan fingerprint density at radius 2 is 1.64 bits per heavy atom. The lowest BCUT2D eigenvalue weighted by Gasteiger charge is -2.21. The molecule has 0 amide bonds. The van der Waals surface area contributed by atoms with Crippen LogP contribution in [0, 0.1) is 10.1 Å². The van der Waals surface area contributed by atoms with Crippen LogP contribution in [-0.2, 0) is 6.42 Å². The van der Waals surface area contributed by atoms with Crippen molar-refractivity contribution >= 4 is 5.69 Å². The fourth-order valence-electron chi connectivity index (χ4n) is 2.27. The minimum Gasteiger partial charge on any atom is -0.314 e. The van der Waals surface area contributed by atoms with Gasteiger partial charge in [-0.1, -0.05) is 12.1 Å². The van der Waals surface area contributed by atoms with E-state index in [9.17, 15) is 10.1 Å². The summed E-state index contributed by atoms with van der Waals surface area (Å²) in [7, 11) is 0. The van der Waals surface area contributed by atoms with Crippen molar-refractivity contribution in [3.8, 4) is 0 Å². The van der Waals surface area contributed by atoms with Gasteiger partial charge < -0.3 is 21.2 Å². The van der Waals surface area contributed by atoms with E-state index in [-0.39, 0.29) is 11.7 Å². The van der Waals surface area contributed by atoms with Gasteiger partial charge >= 0.3 is 0 Å². The number of nitrogens with one attached hydrogen (secondary N) is 4. The molecule has 0 spiro atoms. The van der Waals surface area contributed by atoms with Gasteiger partial charge in [0.25, 0.3) is 5.69 Å². The zero-order chi connectivity index (χ0) is 19.1. The molecule has 1 unspecified atom stereocenters. The summed E-state index contributed by atoms with van der Waals surface area (Å²) in [6, 6.07) is 5.97. The zero-order valence-electron chi connectivity index (χ0n) is 16.6. The lowest BCUT2D eigenvalue weighted by molar-refractivity contribution is -0.384. The average Bonchev–Trinajstić information content (AvgIpc) is 2.61. The van der Waals surface area contributed by atoms with Gasteiger partial charge in [-0.05, 0) is 12.0 Å². The van der Waals surface area contributed by atoms with Gasteiger partial charge in [0.15, 0.2) is 0 Å². The molecule has 1 aliphatic rings. The predicted molar refractivity (Wildman–Crippen MR) is 87.2 cm³/mol. The second kappa shape index (κ2) is 9.47. The quantitative estimate of drug-likeness (QED) is 0.459. The second-order valence-electron chi connectivity index (χ2n) is 5.16. The number of non-ortho nitro benzene ring substituents is 1. The maximum atomic E-state index is 10.8. The number of hydrogen-bond acceptors (Lipinski definition) is 6. The van der Waals surface area contributed by atoms with Gasteiger partial charge in [-0.3, -0.25) is 10.1 Å². The van der Waals surface area contributed by atoms with Crippen molar-refractivity contribution in [3.63, 3.8) is 0 Å². The Bertz CT molecular complexity index is 580. The first-order chi connectivity index (χ1) is 12.3. The monoisotopic (exact) mass is 315 g/mol. The van der Waals surface area contributed by atoms with Crippen LogP contribution in [0.25, 0.3) is 0 Å². The lowest BCUT2D eigenvalue weighted by atomic mass is 10.1. The summed E-state index contributed by atoms with van der Waals surface area (Å²) in [4.78, 5) is 10.3. The zero-order valence-corrected chi connectivity index (χ0v) is 12.6. The highest BCUT2D eigenvalue weighted by molar-refractivity contribution is 5.33. The summed E-state index contributed by atoms with van der Waals surface area (Å²) in [6.07, 6.45) is 0.486. The first-order valence-electron chi connectivity index (χ1n) is 9.34. The molecule has 1 heterocycles. The fourth-order valence-corrected chi connectivity index (χ4v) is 2.27. The van der Waals surface area contributed by atoms with Gasteiger partial charge in [-0.15, -0.1) is 0 Å². The highest BCUT2D eigenvalue weighted by atomic mass is 16.6. The van der Waals surface area contributed by atoms with E-state index in [0.717, 1.165) is 5.56 Å². The van der Waals surface area contributed by atoms with Crippen molar-refractivity contribution in [3.05, 3.63) is 39.9 Å². The van der Waals surface area contributed by atoms with Crippen molar-refractivity contribution in [2.24, 2.45) is 0 Å². The molecule has 0 bridgehead atoms. The third-order valence-electron chi connectivity index (χ3n) is 3.44. The summed E-state index contributed by atoms with van der Waals surface area (Å²) in [5.41, 5.74) is 0.890. The molecule has 122 valence electrons. The summed E-state index contributed by atoms with van der Waals surface area (Å²) in [6.45, 7) is 2.70. The fraction of sp³-hybridized carbons (Fsp3) is 0.600. The molecule has 0 radical (unpaired) electrons. The molecule has 1 atom stereocenters. The molecule has 1 aromatic rings. The van der Waals surface area contributed by atoms with Crippen LogP contribution < -0.4 is 21.2 Å². The summed E-state index contributed by atoms with van der Waals surface area (Å²) in [5.74, 6) is 0. The number of benzene rings is 1. The van der Waals surface area contributed by atoms with E-state index >= 15 is 0 Å². The molecule has 22 heavy (non-hydrogen) atoms. The molecule has 1 aromatic carbocycles. The largest absolute Gasteiger partial charge is 0.314 e. The number of nitrogens with zero attached hydrogens (tertiary/aromatic N) is 1. The van der Waals surface area contributed by atoms with Crippen LogP contribution in [0.5, 0.6) is 0 Å². The smallest absolute Gasteiger partial charge is 0.269 e. The predicted octanol–water partition coefficient (Wildman–Crippen LogP) is -0.122. The average molecular weight is 315 g/mol. The van der Waals surface area contributed by atoms with Crippen LogP contribution in [0.3, 0.4) is 0 Å². The van der Waals surface area contributed by atoms with Crippen molar-refractivity contribution in [1.29, 1.82) is 0 Å². The molecule has 0 aromatic heterocycles. The van der Waals surface area contributed by atoms with E-state index in [1.807, 2.05) is 0 Å². The van der Waals surface area contributed by atoms with Crippen molar-refractivity contribution in [1.82, 2.24) is 21.2 Å². The number of hydrogen-bond donors (Lipinski definition) is 4. The van der Waals surface area contributed by atoms with E-state index in [1.165, 1.54) is 33.4 Å². The molecule has 1 aliphatic heterocycles. The number of rotatable bonds is 3. The van der Waals surface area contributed by atoms with E-state index in [4.69, 9.17) is 5.65 Å². The first kappa shape index (κ1) is 12.0. The minimum atomic E-state index is -0.447. The number of nitro groups is 1. The van der Waals surface area contributed by atoms with Gasteiger partial charge in [0, 0.05) is 64.0 Å². The maximum Gasteiger partial charge on any atom is 0.269 e. The third-order valence-corrected chi connectivity index (χ3v) is 3.44. The van der Waals surface area contributed by atoms with Crippen molar-refractivity contribution in [2.75, 3.05) is 45.8 Å². The molecule has 4 N–H and O–H groups in total. The van der Waals surface area contributed by atoms with Gasteiger partial charge in [0.1, 0.15) is 5.65 Å². The van der Waals surface area contributed by atoms with Crippen LogP contribution in [0.1, 0.15) is 5.56 Å². The Labute approximate surface area is 136 Å². The van der Waals surface area contributed by atoms with Gasteiger partial charge in [0.2, 0.25) is 0 Å². The molecule has 2 rings (SSSR count). The molecule has 7 nitrogen and oxygen atoms in total. The molecule has 0 saturated carbocycles. The highest BCUT2D eigenvalue weighted by Crippen LogP contribution is 2.13. The van der Waals surface area contributed by atoms with E-state index in [1.54, 1.807) is 12.1 Å². The maximum absolute atomic E-state index is 10.8. The van der Waals surface area contributed by atoms with Gasteiger partial charge in [0.05, 0.1) is 4.92 Å². The van der Waals surface area contributed by atoms with Crippen molar-refractivity contribution in [2.45, 2.75) is 12.5 Å². The van der Waals surface area contributed by atoms with E-state index < -0.39 is 4.92 Å². The van der Waals surface area contributed by atoms with Crippen LogP contribution in [0.15, 0.2) is 24.3 Å². The molecule has 7 heteroatoms. The Kier molecular flexibility index (Phi) is 5.15. The number of nitro benzene ring substituents is 1. The van der Waals surface area contributed by atoms with Crippen LogP contribution in [0.2, 0.25) is 5.65 Å². The summed E-state index contributed by atoms with van der Waals surface area (Å²) >= 11 is 0. The van der Waals surface area contributed by atoms with Crippen LogP contribution in [-0.4, -0.2) is 56.8 Å². The van der Waals surface area contributed by atoms with Crippen LogP contribution in [0.4, 0.5) is 5.69 Å². The Morgan fingerprint density at radius 3 is 2.27 bits per heavy atom. The standard InChI is InChI=1S/C15H25N5O2/c21-20(22)15-3-1-13(2-4-15)11-14-12-18-8-7-16-5-6-17-9-10-19-14/h1-4,14,16-19H,5-12H2/i/hT4. The molecule has 0 aliphatic carbocycles. The van der Waals surface area contributed by atoms with Crippen molar-refractivity contribution < 1.29 is 10.6 Å². The topological polar surface area (TPSA) is 91.3 Å². The third kappa shape index (κ3) is 6.07. The minimum absolute atomic E-state index is 0.0256. The Morgan fingerprint density at radius 1 is 1.05 bits per heavy atom. The van der Waals surface area contributed by atoms with E-state index in [0.29, 0.717) is 52.2 Å². The highest BCUT2D eigenvalue weighted by Gasteiger charge is 2.11. The van der Waals surface area contributed by atoms with Gasteiger partial charge in [-0.25, -0.2) is 0 Å². The first-order valence-corrected chi connectivity index (χ1v) is 7.55. The molecular formula is C15H25N5O2. The summed E-state index contributed by atoms with van der Waals surface area (Å²) < 4.78 is 32.1. The molecule has 1 fully saturated rings. The normalized spacial score (nSPS) is 27.7. The van der Waals surface area contributed by atoms with E-state index in [2.05, 4.69) is 0 Å². The van der Waals surface area contributed by atoms with Crippen LogP contribution >= 0.6 is 0 Å². The molecule has 1 saturated heterocycles. The summed E-state index contributed by atoms with van der Waals surface area (Å²) in [5, 5.41) is 16.2. The molecular weight excluding hydrogens is 282 g/mol. The second-order valence-corrected chi connectivity index (χ2v) is 5.16.